The van der Waals surface area contributed by atoms with Crippen molar-refractivity contribution < 1.29 is 57.1 Å². The molecule has 0 aliphatic carbocycles. The minimum Gasteiger partial charge on any atom is -0.497 e. The van der Waals surface area contributed by atoms with E-state index in [1.54, 1.807) is 24.0 Å². The van der Waals surface area contributed by atoms with Gasteiger partial charge >= 0.3 is 24.1 Å². The number of hydrogen-bond acceptors (Lipinski definition) is 15. The first-order chi connectivity index (χ1) is 32.9. The van der Waals surface area contributed by atoms with Gasteiger partial charge in [-0.2, -0.15) is 0 Å². The minimum atomic E-state index is -0.761. The van der Waals surface area contributed by atoms with E-state index in [0.717, 1.165) is 33.6 Å². The van der Waals surface area contributed by atoms with E-state index in [2.05, 4.69) is 4.98 Å². The summed E-state index contributed by atoms with van der Waals surface area (Å²) in [6.07, 6.45) is -1.03. The van der Waals surface area contributed by atoms with Crippen molar-refractivity contribution in [2.45, 2.75) is 26.2 Å². The topological polar surface area (TPSA) is 168 Å². The second-order valence-electron chi connectivity index (χ2n) is 15.7. The number of amides is 2. The number of esters is 2. The Hall–Kier alpha value is -7.37. The maximum atomic E-state index is 13.2. The van der Waals surface area contributed by atoms with Crippen molar-refractivity contribution in [3.8, 4) is 11.5 Å². The van der Waals surface area contributed by atoms with Gasteiger partial charge in [0.2, 0.25) is 0 Å². The molecule has 0 saturated carbocycles. The van der Waals surface area contributed by atoms with Gasteiger partial charge in [-0.3, -0.25) is 9.80 Å². The number of carbonyl (C=O) groups excluding carboxylic acids is 4. The lowest BCUT2D eigenvalue weighted by atomic mass is 10.1. The number of ether oxygens (including phenoxy) is 8. The van der Waals surface area contributed by atoms with E-state index in [0.29, 0.717) is 37.7 Å². The molecular formula is C51H61N5O12. The van der Waals surface area contributed by atoms with Crippen LogP contribution in [0, 0.1) is 0 Å². The second kappa shape index (κ2) is 27.3. The molecule has 0 fully saturated rings. The van der Waals surface area contributed by atoms with Crippen LogP contribution in [0.4, 0.5) is 21.0 Å². The van der Waals surface area contributed by atoms with Crippen LogP contribution < -0.4 is 19.3 Å². The van der Waals surface area contributed by atoms with Gasteiger partial charge in [-0.05, 0) is 82.9 Å². The normalized spacial score (nSPS) is 10.7. The number of rotatable bonds is 26. The molecule has 17 heteroatoms. The van der Waals surface area contributed by atoms with Crippen LogP contribution in [0.25, 0.3) is 0 Å². The van der Waals surface area contributed by atoms with Crippen LogP contribution in [-0.2, 0) is 54.6 Å². The van der Waals surface area contributed by atoms with E-state index in [9.17, 15) is 19.2 Å². The molecule has 5 rings (SSSR count). The van der Waals surface area contributed by atoms with Crippen LogP contribution in [0.5, 0.6) is 11.5 Å². The number of anilines is 2. The van der Waals surface area contributed by atoms with Gasteiger partial charge in [0.1, 0.15) is 49.3 Å². The lowest BCUT2D eigenvalue weighted by Gasteiger charge is -2.23. The van der Waals surface area contributed by atoms with E-state index in [4.69, 9.17) is 37.9 Å². The number of benzene rings is 4. The Labute approximate surface area is 398 Å². The zero-order valence-corrected chi connectivity index (χ0v) is 39.6. The summed E-state index contributed by atoms with van der Waals surface area (Å²) in [6.45, 7) is 1.18. The number of carbonyl (C=O) groups is 4. The van der Waals surface area contributed by atoms with Gasteiger partial charge in [-0.1, -0.05) is 54.6 Å². The van der Waals surface area contributed by atoms with E-state index in [-0.39, 0.29) is 64.2 Å². The molecule has 0 atom stereocenters. The maximum absolute atomic E-state index is 13.2. The highest BCUT2D eigenvalue weighted by atomic mass is 16.6. The average Bonchev–Trinajstić information content (AvgIpc) is 3.35. The van der Waals surface area contributed by atoms with Gasteiger partial charge in [0, 0.05) is 65.7 Å². The lowest BCUT2D eigenvalue weighted by Crippen LogP contribution is -2.31. The van der Waals surface area contributed by atoms with Crippen molar-refractivity contribution in [1.29, 1.82) is 0 Å². The number of nitrogens with zero attached hydrogens (tertiary/aromatic N) is 5. The third-order valence-corrected chi connectivity index (χ3v) is 10.2. The van der Waals surface area contributed by atoms with Crippen molar-refractivity contribution in [3.05, 3.63) is 149 Å². The Morgan fingerprint density at radius 1 is 0.426 bits per heavy atom. The van der Waals surface area contributed by atoms with Crippen molar-refractivity contribution in [2.24, 2.45) is 0 Å². The zero-order chi connectivity index (χ0) is 48.7. The minimum absolute atomic E-state index is 0.0245. The van der Waals surface area contributed by atoms with Crippen LogP contribution in [0.15, 0.2) is 115 Å². The van der Waals surface area contributed by atoms with Gasteiger partial charge in [0.05, 0.1) is 40.6 Å². The highest BCUT2D eigenvalue weighted by Gasteiger charge is 2.20. The SMILES string of the molecule is COc1cccc(CN(Cc2ccc(N(C)C)cc2)C(=O)OCCOCCOC(=O)c2cccc(C(=O)OCCOCCOC(=O)N(Cc3ccc(N(C)C)cc3)Cc3cccc(OC)c3)n2)c1. The van der Waals surface area contributed by atoms with Gasteiger partial charge < -0.3 is 47.7 Å². The van der Waals surface area contributed by atoms with E-state index < -0.39 is 24.1 Å². The number of pyridine rings is 1. The molecule has 68 heavy (non-hydrogen) atoms. The fraction of sp³-hybridized carbons (Fsp3) is 0.353. The molecule has 0 spiro atoms. The number of methoxy groups -OCH3 is 2. The average molecular weight is 936 g/mol. The Morgan fingerprint density at radius 3 is 1.15 bits per heavy atom. The van der Waals surface area contributed by atoms with Crippen LogP contribution in [0.3, 0.4) is 0 Å². The molecule has 5 aromatic rings. The first kappa shape index (κ1) is 51.6. The molecule has 0 saturated heterocycles. The maximum Gasteiger partial charge on any atom is 0.410 e. The van der Waals surface area contributed by atoms with Gasteiger partial charge in [-0.25, -0.2) is 24.2 Å². The van der Waals surface area contributed by atoms with E-state index in [1.807, 2.05) is 135 Å². The highest BCUT2D eigenvalue weighted by molar-refractivity contribution is 5.91. The monoisotopic (exact) mass is 935 g/mol. The summed E-state index contributed by atoms with van der Waals surface area (Å²) in [7, 11) is 11.0. The van der Waals surface area contributed by atoms with Gasteiger partial charge in [0.25, 0.3) is 0 Å². The molecule has 0 aliphatic heterocycles. The Balaban J connectivity index is 0.979. The Morgan fingerprint density at radius 2 is 0.779 bits per heavy atom. The molecule has 0 N–H and O–H groups in total. The van der Waals surface area contributed by atoms with Crippen LogP contribution >= 0.6 is 0 Å². The van der Waals surface area contributed by atoms with Crippen molar-refractivity contribution in [3.63, 3.8) is 0 Å². The first-order valence-corrected chi connectivity index (χ1v) is 22.0. The smallest absolute Gasteiger partial charge is 0.410 e. The third-order valence-electron chi connectivity index (χ3n) is 10.2. The van der Waals surface area contributed by atoms with Crippen molar-refractivity contribution in [1.82, 2.24) is 14.8 Å². The summed E-state index contributed by atoms with van der Waals surface area (Å²) in [6, 6.07) is 35.1. The molecular weight excluding hydrogens is 875 g/mol. The van der Waals surface area contributed by atoms with Gasteiger partial charge in [0.15, 0.2) is 0 Å². The van der Waals surface area contributed by atoms with Crippen LogP contribution in [0.2, 0.25) is 0 Å². The molecule has 0 bridgehead atoms. The molecule has 0 aliphatic rings. The fourth-order valence-electron chi connectivity index (χ4n) is 6.55. The summed E-state index contributed by atoms with van der Waals surface area (Å²) in [5, 5.41) is 0. The molecule has 362 valence electrons. The quantitative estimate of drug-likeness (QED) is 0.0309. The summed E-state index contributed by atoms with van der Waals surface area (Å²) >= 11 is 0. The highest BCUT2D eigenvalue weighted by Crippen LogP contribution is 2.21. The molecule has 0 radical (unpaired) electrons. The number of hydrogen-bond donors (Lipinski definition) is 0. The molecule has 1 heterocycles. The molecule has 2 amide bonds. The zero-order valence-electron chi connectivity index (χ0n) is 39.6. The van der Waals surface area contributed by atoms with E-state index in [1.165, 1.54) is 18.2 Å². The first-order valence-electron chi connectivity index (χ1n) is 22.0. The summed E-state index contributed by atoms with van der Waals surface area (Å²) < 4.78 is 43.4. The van der Waals surface area contributed by atoms with Gasteiger partial charge in [-0.15, -0.1) is 0 Å². The Bertz CT molecular complexity index is 2200. The van der Waals surface area contributed by atoms with Crippen molar-refractivity contribution >= 4 is 35.5 Å². The largest absolute Gasteiger partial charge is 0.497 e. The molecule has 1 aromatic heterocycles. The molecule has 0 unspecified atom stereocenters. The van der Waals surface area contributed by atoms with Crippen LogP contribution in [0.1, 0.15) is 43.2 Å². The summed E-state index contributed by atoms with van der Waals surface area (Å²) in [5.41, 5.74) is 5.53. The van der Waals surface area contributed by atoms with Crippen molar-refractivity contribution in [2.75, 3.05) is 105 Å². The Kier molecular flexibility index (Phi) is 20.7. The van der Waals surface area contributed by atoms with E-state index >= 15 is 0 Å². The predicted octanol–water partition coefficient (Wildman–Crippen LogP) is 7.26. The standard InChI is InChI=1S/C51H61N5O12/c1-53(2)42-20-16-38(17-21-42)34-55(36-40-10-7-12-44(32-40)61-5)50(59)67-30-26-63-24-28-65-48(57)46-14-9-15-47(52-46)49(58)66-29-25-64-27-31-68-51(60)56(37-41-11-8-13-45(33-41)62-6)35-39-18-22-43(23-19-39)54(3)4/h7-23,32-33H,24-31,34-37H2,1-6H3. The lowest BCUT2D eigenvalue weighted by molar-refractivity contribution is 0.0187. The molecule has 17 nitrogen and oxygen atoms in total. The van der Waals surface area contributed by atoms with Crippen LogP contribution in [-0.4, -0.2) is 134 Å². The third kappa shape index (κ3) is 17.1. The predicted molar refractivity (Wildman–Crippen MR) is 255 cm³/mol. The second-order valence-corrected chi connectivity index (χ2v) is 15.7. The summed E-state index contributed by atoms with van der Waals surface area (Å²) in [4.78, 5) is 63.2. The summed E-state index contributed by atoms with van der Waals surface area (Å²) in [5.74, 6) is -0.154. The molecule has 4 aromatic carbocycles. The fourth-order valence-corrected chi connectivity index (χ4v) is 6.55. The number of aromatic nitrogens is 1.